The zero-order valence-electron chi connectivity index (χ0n) is 11.8. The maximum Gasteiger partial charge on any atom is 0.250 e. The largest absolute Gasteiger partial charge is 0.454 e. The van der Waals surface area contributed by atoms with Crippen LogP contribution in [0.1, 0.15) is 28.9 Å². The molecule has 114 valence electrons. The van der Waals surface area contributed by atoms with E-state index in [9.17, 15) is 4.79 Å². The minimum absolute atomic E-state index is 0.0565. The molecule has 22 heavy (non-hydrogen) atoms. The number of carbonyl (C=O) groups excluding carboxylic acids is 1. The highest BCUT2D eigenvalue weighted by atomic mass is 35.5. The summed E-state index contributed by atoms with van der Waals surface area (Å²) in [5.41, 5.74) is 6.46. The Hall–Kier alpha value is -2.47. The number of aromatic nitrogens is 1. The number of benzene rings is 1. The second-order valence-electron chi connectivity index (χ2n) is 4.90. The van der Waals surface area contributed by atoms with E-state index in [1.807, 2.05) is 25.1 Å². The van der Waals surface area contributed by atoms with Gasteiger partial charge >= 0.3 is 0 Å². The van der Waals surface area contributed by atoms with Crippen LogP contribution in [0.4, 0.5) is 5.82 Å². The first-order valence-corrected chi connectivity index (χ1v) is 7.04. The summed E-state index contributed by atoms with van der Waals surface area (Å²) >= 11 is 6.12. The molecule has 2 heterocycles. The van der Waals surface area contributed by atoms with Gasteiger partial charge in [-0.25, -0.2) is 4.98 Å². The van der Waals surface area contributed by atoms with Gasteiger partial charge in [-0.2, -0.15) is 0 Å². The molecule has 1 unspecified atom stereocenters. The van der Waals surface area contributed by atoms with Crippen LogP contribution in [0, 0.1) is 0 Å². The van der Waals surface area contributed by atoms with Gasteiger partial charge in [0.25, 0.3) is 0 Å². The van der Waals surface area contributed by atoms with E-state index in [1.165, 1.54) is 12.3 Å². The van der Waals surface area contributed by atoms with Crippen LogP contribution in [0.5, 0.6) is 11.5 Å². The Balaban J connectivity index is 1.79. The predicted octanol–water partition coefficient (Wildman–Crippen LogP) is 2.74. The van der Waals surface area contributed by atoms with Crippen molar-refractivity contribution in [2.45, 2.75) is 13.0 Å². The lowest BCUT2D eigenvalue weighted by molar-refractivity contribution is 0.1000. The molecule has 2 aromatic rings. The quantitative estimate of drug-likeness (QED) is 0.905. The summed E-state index contributed by atoms with van der Waals surface area (Å²) in [5, 5.41) is 3.53. The highest BCUT2D eigenvalue weighted by Gasteiger charge is 2.17. The lowest BCUT2D eigenvalue weighted by Gasteiger charge is -2.16. The van der Waals surface area contributed by atoms with Gasteiger partial charge in [0.2, 0.25) is 12.7 Å². The number of fused-ring (bicyclic) bond motifs is 1. The Morgan fingerprint density at radius 2 is 2.14 bits per heavy atom. The van der Waals surface area contributed by atoms with Crippen LogP contribution in [-0.4, -0.2) is 17.7 Å². The number of ether oxygens (including phenoxy) is 2. The summed E-state index contributed by atoms with van der Waals surface area (Å²) in [6, 6.07) is 7.15. The fourth-order valence-electron chi connectivity index (χ4n) is 2.15. The zero-order chi connectivity index (χ0) is 15.7. The highest BCUT2D eigenvalue weighted by molar-refractivity contribution is 6.33. The molecule has 0 spiro atoms. The van der Waals surface area contributed by atoms with E-state index in [0.29, 0.717) is 16.6 Å². The summed E-state index contributed by atoms with van der Waals surface area (Å²) < 4.78 is 10.6. The summed E-state index contributed by atoms with van der Waals surface area (Å²) in [7, 11) is 0. The number of hydrogen-bond acceptors (Lipinski definition) is 5. The highest BCUT2D eigenvalue weighted by Crippen LogP contribution is 2.35. The Kier molecular flexibility index (Phi) is 3.77. The number of nitrogens with two attached hydrogens (primary N) is 1. The molecule has 1 aromatic carbocycles. The van der Waals surface area contributed by atoms with Gasteiger partial charge in [0, 0.05) is 6.20 Å². The molecular formula is C15H14ClN3O3. The van der Waals surface area contributed by atoms with Crippen molar-refractivity contribution in [3.63, 3.8) is 0 Å². The molecule has 0 bridgehead atoms. The van der Waals surface area contributed by atoms with Gasteiger partial charge in [0.15, 0.2) is 11.5 Å². The second kappa shape index (κ2) is 5.73. The SMILES string of the molecule is CC(Nc1ncc(C(N)=O)cc1Cl)c1ccc2c(c1)OCO2. The number of rotatable bonds is 4. The normalized spacial score (nSPS) is 13.7. The van der Waals surface area contributed by atoms with E-state index < -0.39 is 5.91 Å². The van der Waals surface area contributed by atoms with E-state index >= 15 is 0 Å². The van der Waals surface area contributed by atoms with Crippen molar-refractivity contribution in [3.05, 3.63) is 46.6 Å². The van der Waals surface area contributed by atoms with Crippen LogP contribution in [0.25, 0.3) is 0 Å². The Labute approximate surface area is 132 Å². The van der Waals surface area contributed by atoms with Crippen molar-refractivity contribution in [2.75, 3.05) is 12.1 Å². The van der Waals surface area contributed by atoms with Crippen LogP contribution < -0.4 is 20.5 Å². The van der Waals surface area contributed by atoms with Gasteiger partial charge in [-0.15, -0.1) is 0 Å². The predicted molar refractivity (Wildman–Crippen MR) is 82.4 cm³/mol. The molecule has 0 saturated carbocycles. The van der Waals surface area contributed by atoms with Gasteiger partial charge in [-0.1, -0.05) is 17.7 Å². The molecule has 3 rings (SSSR count). The molecule has 1 aromatic heterocycles. The first kappa shape index (κ1) is 14.5. The third-order valence-corrected chi connectivity index (χ3v) is 3.66. The fourth-order valence-corrected chi connectivity index (χ4v) is 2.37. The number of nitrogens with one attached hydrogen (secondary N) is 1. The maximum absolute atomic E-state index is 11.1. The molecule has 0 saturated heterocycles. The molecule has 0 radical (unpaired) electrons. The third kappa shape index (κ3) is 2.78. The van der Waals surface area contributed by atoms with Gasteiger partial charge in [0.05, 0.1) is 16.6 Å². The van der Waals surface area contributed by atoms with Crippen molar-refractivity contribution >= 4 is 23.3 Å². The van der Waals surface area contributed by atoms with E-state index in [0.717, 1.165) is 11.3 Å². The van der Waals surface area contributed by atoms with E-state index in [1.54, 1.807) is 0 Å². The maximum atomic E-state index is 11.1. The molecule has 3 N–H and O–H groups in total. The van der Waals surface area contributed by atoms with Gasteiger partial charge in [-0.3, -0.25) is 4.79 Å². The topological polar surface area (TPSA) is 86.5 Å². The van der Waals surface area contributed by atoms with Gasteiger partial charge in [0.1, 0.15) is 5.82 Å². The van der Waals surface area contributed by atoms with Crippen molar-refractivity contribution < 1.29 is 14.3 Å². The fraction of sp³-hybridized carbons (Fsp3) is 0.200. The number of halogens is 1. The number of hydrogen-bond donors (Lipinski definition) is 2. The molecule has 6 nitrogen and oxygen atoms in total. The Morgan fingerprint density at radius 1 is 1.36 bits per heavy atom. The third-order valence-electron chi connectivity index (χ3n) is 3.38. The Bertz CT molecular complexity index is 736. The summed E-state index contributed by atoms with van der Waals surface area (Å²) in [6.45, 7) is 2.21. The van der Waals surface area contributed by atoms with Crippen LogP contribution in [0.3, 0.4) is 0 Å². The van der Waals surface area contributed by atoms with Crippen LogP contribution in [0.2, 0.25) is 5.02 Å². The van der Waals surface area contributed by atoms with E-state index in [2.05, 4.69) is 10.3 Å². The Morgan fingerprint density at radius 3 is 2.86 bits per heavy atom. The minimum atomic E-state index is -0.565. The number of anilines is 1. The molecule has 1 aliphatic heterocycles. The number of primary amides is 1. The van der Waals surface area contributed by atoms with Crippen LogP contribution >= 0.6 is 11.6 Å². The average molecular weight is 320 g/mol. The lowest BCUT2D eigenvalue weighted by Crippen LogP contribution is -2.13. The van der Waals surface area contributed by atoms with Crippen molar-refractivity contribution in [1.29, 1.82) is 0 Å². The molecule has 1 aliphatic rings. The molecule has 0 aliphatic carbocycles. The zero-order valence-corrected chi connectivity index (χ0v) is 12.6. The number of nitrogens with zero attached hydrogens (tertiary/aromatic N) is 1. The number of pyridine rings is 1. The van der Waals surface area contributed by atoms with Crippen molar-refractivity contribution in [1.82, 2.24) is 4.98 Å². The van der Waals surface area contributed by atoms with Crippen molar-refractivity contribution in [3.8, 4) is 11.5 Å². The lowest BCUT2D eigenvalue weighted by atomic mass is 10.1. The monoisotopic (exact) mass is 319 g/mol. The molecule has 1 amide bonds. The van der Waals surface area contributed by atoms with E-state index in [4.69, 9.17) is 26.8 Å². The molecule has 7 heteroatoms. The smallest absolute Gasteiger partial charge is 0.250 e. The van der Waals surface area contributed by atoms with Crippen LogP contribution in [0.15, 0.2) is 30.5 Å². The molecule has 0 fully saturated rings. The van der Waals surface area contributed by atoms with Crippen molar-refractivity contribution in [2.24, 2.45) is 5.73 Å². The number of carbonyl (C=O) groups is 1. The first-order valence-electron chi connectivity index (χ1n) is 6.66. The molecule has 1 atom stereocenters. The average Bonchev–Trinajstić information content (AvgIpc) is 2.96. The van der Waals surface area contributed by atoms with E-state index in [-0.39, 0.29) is 18.4 Å². The molecular weight excluding hydrogens is 306 g/mol. The first-order chi connectivity index (χ1) is 10.5. The summed E-state index contributed by atoms with van der Waals surface area (Å²) in [4.78, 5) is 15.2. The van der Waals surface area contributed by atoms with Gasteiger partial charge in [-0.05, 0) is 30.7 Å². The minimum Gasteiger partial charge on any atom is -0.454 e. The summed E-state index contributed by atoms with van der Waals surface area (Å²) in [6.07, 6.45) is 1.39. The number of amides is 1. The van der Waals surface area contributed by atoms with Crippen LogP contribution in [-0.2, 0) is 0 Å². The second-order valence-corrected chi connectivity index (χ2v) is 5.30. The standard InChI is InChI=1S/C15H14ClN3O3/c1-8(9-2-3-12-13(5-9)22-7-21-12)19-15-11(16)4-10(6-18-15)14(17)20/h2-6,8H,7H2,1H3,(H2,17,20)(H,18,19). The van der Waals surface area contributed by atoms with Gasteiger partial charge < -0.3 is 20.5 Å². The summed E-state index contributed by atoms with van der Waals surface area (Å²) in [5.74, 6) is 1.37.